The molecule has 0 aliphatic rings. The topological polar surface area (TPSA) is 66.1 Å². The highest BCUT2D eigenvalue weighted by Crippen LogP contribution is 2.22. The first kappa shape index (κ1) is 12.8. The standard InChI is InChI=1S/C10H8BrFN4OS/c11-7-5-6(12)1-2-8(7)15-16-9(17)14-10-13-3-4-18-10/h1-5,15H,(H2,13,14,16,17). The minimum absolute atomic E-state index is 0.361. The molecule has 8 heteroatoms. The van der Waals surface area contributed by atoms with E-state index in [0.717, 1.165) is 0 Å². The van der Waals surface area contributed by atoms with E-state index >= 15 is 0 Å². The maximum atomic E-state index is 12.8. The monoisotopic (exact) mass is 330 g/mol. The van der Waals surface area contributed by atoms with Gasteiger partial charge >= 0.3 is 6.03 Å². The van der Waals surface area contributed by atoms with Gasteiger partial charge in [0.1, 0.15) is 5.82 Å². The Morgan fingerprint density at radius 1 is 1.44 bits per heavy atom. The predicted octanol–water partition coefficient (Wildman–Crippen LogP) is 3.19. The van der Waals surface area contributed by atoms with E-state index in [1.165, 1.54) is 29.5 Å². The number of carbonyl (C=O) groups is 1. The average Bonchev–Trinajstić information content (AvgIpc) is 2.80. The molecule has 1 aromatic heterocycles. The molecular formula is C10H8BrFN4OS. The SMILES string of the molecule is O=C(NNc1ccc(F)cc1Br)Nc1nccs1. The van der Waals surface area contributed by atoms with Gasteiger partial charge in [-0.1, -0.05) is 0 Å². The summed E-state index contributed by atoms with van der Waals surface area (Å²) in [5, 5.41) is 4.77. The molecular weight excluding hydrogens is 323 g/mol. The molecule has 0 bridgehead atoms. The minimum Gasteiger partial charge on any atom is -0.296 e. The summed E-state index contributed by atoms with van der Waals surface area (Å²) >= 11 is 4.48. The van der Waals surface area contributed by atoms with Crippen LogP contribution < -0.4 is 16.2 Å². The van der Waals surface area contributed by atoms with E-state index in [2.05, 4.69) is 37.1 Å². The number of carbonyl (C=O) groups excluding carboxylic acids is 1. The molecule has 2 aromatic rings. The number of hydrogen-bond donors (Lipinski definition) is 3. The van der Waals surface area contributed by atoms with Crippen LogP contribution in [-0.2, 0) is 0 Å². The third-order valence-corrected chi connectivity index (χ3v) is 3.24. The average molecular weight is 331 g/mol. The van der Waals surface area contributed by atoms with Crippen LogP contribution in [-0.4, -0.2) is 11.0 Å². The zero-order valence-electron chi connectivity index (χ0n) is 8.91. The summed E-state index contributed by atoms with van der Waals surface area (Å²) in [5.74, 6) is -0.361. The first-order chi connectivity index (χ1) is 8.65. The van der Waals surface area contributed by atoms with Gasteiger partial charge in [0.05, 0.1) is 5.69 Å². The van der Waals surface area contributed by atoms with Crippen molar-refractivity contribution in [3.63, 3.8) is 0 Å². The van der Waals surface area contributed by atoms with Gasteiger partial charge in [-0.15, -0.1) is 11.3 Å². The lowest BCUT2D eigenvalue weighted by Crippen LogP contribution is -2.33. The summed E-state index contributed by atoms with van der Waals surface area (Å²) in [5.41, 5.74) is 5.61. The lowest BCUT2D eigenvalue weighted by molar-refractivity contribution is 0.254. The van der Waals surface area contributed by atoms with Crippen LogP contribution in [0.2, 0.25) is 0 Å². The largest absolute Gasteiger partial charge is 0.339 e. The predicted molar refractivity (Wildman–Crippen MR) is 72.0 cm³/mol. The van der Waals surface area contributed by atoms with Crippen molar-refractivity contribution in [2.24, 2.45) is 0 Å². The Balaban J connectivity index is 1.89. The molecule has 0 aliphatic carbocycles. The number of benzene rings is 1. The van der Waals surface area contributed by atoms with E-state index in [1.807, 2.05) is 0 Å². The molecule has 94 valence electrons. The summed E-state index contributed by atoms with van der Waals surface area (Å²) in [6.45, 7) is 0. The van der Waals surface area contributed by atoms with Gasteiger partial charge < -0.3 is 0 Å². The third-order valence-electron chi connectivity index (χ3n) is 1.89. The van der Waals surface area contributed by atoms with Crippen molar-refractivity contribution in [2.75, 3.05) is 10.7 Å². The Bertz CT molecular complexity index is 549. The number of aromatic nitrogens is 1. The summed E-state index contributed by atoms with van der Waals surface area (Å²) in [6, 6.07) is 3.63. The third kappa shape index (κ3) is 3.41. The summed E-state index contributed by atoms with van der Waals surface area (Å²) in [7, 11) is 0. The van der Waals surface area contributed by atoms with Crippen LogP contribution in [0.4, 0.5) is 20.0 Å². The first-order valence-corrected chi connectivity index (χ1v) is 6.50. The summed E-state index contributed by atoms with van der Waals surface area (Å²) in [6.07, 6.45) is 1.59. The zero-order valence-corrected chi connectivity index (χ0v) is 11.3. The van der Waals surface area contributed by atoms with Gasteiger partial charge in [0.2, 0.25) is 0 Å². The maximum absolute atomic E-state index is 12.8. The van der Waals surface area contributed by atoms with Crippen molar-refractivity contribution in [3.8, 4) is 0 Å². The van der Waals surface area contributed by atoms with Crippen molar-refractivity contribution in [2.45, 2.75) is 0 Å². The Kier molecular flexibility index (Phi) is 4.11. The normalized spacial score (nSPS) is 9.89. The Labute approximate surface area is 115 Å². The number of hydrazine groups is 1. The molecule has 2 rings (SSSR count). The number of anilines is 2. The number of rotatable bonds is 3. The fourth-order valence-corrected chi connectivity index (χ4v) is 2.10. The molecule has 0 radical (unpaired) electrons. The highest BCUT2D eigenvalue weighted by atomic mass is 79.9. The van der Waals surface area contributed by atoms with Crippen LogP contribution in [0.25, 0.3) is 0 Å². The molecule has 1 aromatic carbocycles. The van der Waals surface area contributed by atoms with Crippen molar-refractivity contribution >= 4 is 44.1 Å². The van der Waals surface area contributed by atoms with E-state index in [0.29, 0.717) is 15.3 Å². The molecule has 0 fully saturated rings. The lowest BCUT2D eigenvalue weighted by atomic mass is 10.3. The Morgan fingerprint density at radius 3 is 2.94 bits per heavy atom. The molecule has 1 heterocycles. The molecule has 5 nitrogen and oxygen atoms in total. The van der Waals surface area contributed by atoms with Gasteiger partial charge in [0, 0.05) is 16.0 Å². The fraction of sp³-hybridized carbons (Fsp3) is 0. The molecule has 0 spiro atoms. The van der Waals surface area contributed by atoms with Crippen molar-refractivity contribution in [1.29, 1.82) is 0 Å². The number of nitrogens with zero attached hydrogens (tertiary/aromatic N) is 1. The second-order valence-electron chi connectivity index (χ2n) is 3.17. The summed E-state index contributed by atoms with van der Waals surface area (Å²) in [4.78, 5) is 15.4. The van der Waals surface area contributed by atoms with Gasteiger partial charge in [0.25, 0.3) is 0 Å². The number of nitrogens with one attached hydrogen (secondary N) is 3. The molecule has 0 saturated carbocycles. The Morgan fingerprint density at radius 2 is 2.28 bits per heavy atom. The van der Waals surface area contributed by atoms with E-state index in [4.69, 9.17) is 0 Å². The van der Waals surface area contributed by atoms with Crippen molar-refractivity contribution in [3.05, 3.63) is 40.1 Å². The molecule has 18 heavy (non-hydrogen) atoms. The molecule has 0 saturated heterocycles. The number of amides is 2. The molecule has 2 amide bonds. The van der Waals surface area contributed by atoms with E-state index in [9.17, 15) is 9.18 Å². The maximum Gasteiger partial charge on any atom is 0.339 e. The van der Waals surface area contributed by atoms with Crippen molar-refractivity contribution in [1.82, 2.24) is 10.4 Å². The fourth-order valence-electron chi connectivity index (χ4n) is 1.13. The highest BCUT2D eigenvalue weighted by molar-refractivity contribution is 9.10. The smallest absolute Gasteiger partial charge is 0.296 e. The number of halogens is 2. The number of thiazole rings is 1. The summed E-state index contributed by atoms with van der Waals surface area (Å²) < 4.78 is 13.3. The van der Waals surface area contributed by atoms with Crippen LogP contribution in [0.3, 0.4) is 0 Å². The van der Waals surface area contributed by atoms with Gasteiger partial charge in [-0.25, -0.2) is 14.2 Å². The van der Waals surface area contributed by atoms with Gasteiger partial charge in [-0.3, -0.25) is 16.2 Å². The Hall–Kier alpha value is -1.67. The second kappa shape index (κ2) is 5.78. The van der Waals surface area contributed by atoms with Crippen LogP contribution in [0.5, 0.6) is 0 Å². The molecule has 0 atom stereocenters. The van der Waals surface area contributed by atoms with E-state index in [1.54, 1.807) is 11.6 Å². The van der Waals surface area contributed by atoms with Crippen molar-refractivity contribution < 1.29 is 9.18 Å². The van der Waals surface area contributed by atoms with Gasteiger partial charge in [0.15, 0.2) is 5.13 Å². The quantitative estimate of drug-likeness (QED) is 0.757. The van der Waals surface area contributed by atoms with Crippen LogP contribution in [0, 0.1) is 5.82 Å². The molecule has 0 aliphatic heterocycles. The van der Waals surface area contributed by atoms with E-state index in [-0.39, 0.29) is 5.82 Å². The minimum atomic E-state index is -0.457. The number of hydrogen-bond acceptors (Lipinski definition) is 4. The first-order valence-electron chi connectivity index (χ1n) is 4.83. The zero-order chi connectivity index (χ0) is 13.0. The molecule has 0 unspecified atom stereocenters. The lowest BCUT2D eigenvalue weighted by Gasteiger charge is -2.10. The van der Waals surface area contributed by atoms with Crippen LogP contribution in [0.15, 0.2) is 34.2 Å². The van der Waals surface area contributed by atoms with E-state index < -0.39 is 6.03 Å². The van der Waals surface area contributed by atoms with Crippen LogP contribution in [0.1, 0.15) is 0 Å². The highest BCUT2D eigenvalue weighted by Gasteiger charge is 2.05. The van der Waals surface area contributed by atoms with Gasteiger partial charge in [-0.2, -0.15) is 0 Å². The van der Waals surface area contributed by atoms with Gasteiger partial charge in [-0.05, 0) is 34.1 Å². The molecule has 3 N–H and O–H groups in total. The van der Waals surface area contributed by atoms with Crippen LogP contribution >= 0.6 is 27.3 Å². The second-order valence-corrected chi connectivity index (χ2v) is 4.91. The number of urea groups is 1.